The second kappa shape index (κ2) is 4.63. The van der Waals surface area contributed by atoms with E-state index in [2.05, 4.69) is 4.74 Å². The number of ether oxygens (including phenoxy) is 1. The summed E-state index contributed by atoms with van der Waals surface area (Å²) in [5.41, 5.74) is -3.05. The zero-order valence-corrected chi connectivity index (χ0v) is 9.37. The van der Waals surface area contributed by atoms with Crippen LogP contribution in [0.2, 0.25) is 0 Å². The van der Waals surface area contributed by atoms with Crippen molar-refractivity contribution in [2.24, 2.45) is 0 Å². The first-order valence-corrected chi connectivity index (χ1v) is 4.63. The molecule has 0 saturated heterocycles. The Morgan fingerprint density at radius 2 is 1.94 bits per heavy atom. The molecule has 0 aliphatic carbocycles. The quantitative estimate of drug-likeness (QED) is 0.477. The number of methoxy groups -OCH3 is 1. The molecule has 0 radical (unpaired) electrons. The van der Waals surface area contributed by atoms with Crippen LogP contribution in [0.4, 0.5) is 18.9 Å². The summed E-state index contributed by atoms with van der Waals surface area (Å²) in [6.45, 7) is 1.05. The molecule has 0 spiro atoms. The minimum absolute atomic E-state index is 0.351. The highest BCUT2D eigenvalue weighted by molar-refractivity contribution is 5.97. The van der Waals surface area contributed by atoms with Gasteiger partial charge in [0.15, 0.2) is 11.3 Å². The summed E-state index contributed by atoms with van der Waals surface area (Å²) in [4.78, 5) is 20.6. The molecule has 0 N–H and O–H groups in total. The summed E-state index contributed by atoms with van der Waals surface area (Å²) >= 11 is 0. The Morgan fingerprint density at radius 3 is 2.28 bits per heavy atom. The van der Waals surface area contributed by atoms with Crippen molar-refractivity contribution in [2.75, 3.05) is 7.11 Å². The average molecular weight is 263 g/mol. The summed E-state index contributed by atoms with van der Waals surface area (Å²) < 4.78 is 42.9. The van der Waals surface area contributed by atoms with Gasteiger partial charge in [-0.2, -0.15) is 13.2 Å². The van der Waals surface area contributed by atoms with Gasteiger partial charge >= 0.3 is 6.18 Å². The van der Waals surface area contributed by atoms with Gasteiger partial charge in [0, 0.05) is 6.07 Å². The number of Topliss-reactive ketones (excluding diaryl/α,β-unsaturated/α-hetero) is 1. The highest BCUT2D eigenvalue weighted by atomic mass is 19.4. The van der Waals surface area contributed by atoms with Crippen LogP contribution < -0.4 is 4.74 Å². The van der Waals surface area contributed by atoms with E-state index in [-0.39, 0.29) is 5.56 Å². The van der Waals surface area contributed by atoms with Crippen molar-refractivity contribution < 1.29 is 27.6 Å². The molecule has 0 unspecified atom stereocenters. The topological polar surface area (TPSA) is 69.4 Å². The van der Waals surface area contributed by atoms with E-state index in [0.29, 0.717) is 6.07 Å². The van der Waals surface area contributed by atoms with E-state index in [4.69, 9.17) is 0 Å². The van der Waals surface area contributed by atoms with Gasteiger partial charge in [-0.15, -0.1) is 0 Å². The molecule has 0 aliphatic rings. The zero-order chi connectivity index (χ0) is 14.1. The van der Waals surface area contributed by atoms with Crippen molar-refractivity contribution in [1.29, 1.82) is 0 Å². The number of nitro groups is 1. The standard InChI is InChI=1S/C10H8F3NO4/c1-5(15)6-3-4-7(14(16)17)8(9(6)18-2)10(11,12)13/h3-4H,1-2H3. The molecule has 1 aromatic rings. The van der Waals surface area contributed by atoms with Crippen molar-refractivity contribution in [3.63, 3.8) is 0 Å². The number of carbonyl (C=O) groups is 1. The predicted octanol–water partition coefficient (Wildman–Crippen LogP) is 2.82. The number of hydrogen-bond acceptors (Lipinski definition) is 4. The highest BCUT2D eigenvalue weighted by Crippen LogP contribution is 2.43. The number of halogens is 3. The van der Waals surface area contributed by atoms with Crippen LogP contribution in [-0.2, 0) is 6.18 Å². The van der Waals surface area contributed by atoms with Gasteiger partial charge in [0.1, 0.15) is 5.75 Å². The Morgan fingerprint density at radius 1 is 1.39 bits per heavy atom. The summed E-state index contributed by atoms with van der Waals surface area (Å²) in [5.74, 6) is -1.50. The van der Waals surface area contributed by atoms with Crippen LogP contribution in [-0.4, -0.2) is 17.8 Å². The molecule has 5 nitrogen and oxygen atoms in total. The van der Waals surface area contributed by atoms with Crippen molar-refractivity contribution in [3.8, 4) is 5.75 Å². The normalized spacial score (nSPS) is 11.2. The Balaban J connectivity index is 3.73. The van der Waals surface area contributed by atoms with Crippen molar-refractivity contribution in [3.05, 3.63) is 33.4 Å². The van der Waals surface area contributed by atoms with Crippen LogP contribution in [0.3, 0.4) is 0 Å². The number of rotatable bonds is 3. The first kappa shape index (κ1) is 13.9. The van der Waals surface area contributed by atoms with Gasteiger partial charge in [0.05, 0.1) is 17.6 Å². The molecule has 0 saturated carbocycles. The fourth-order valence-corrected chi connectivity index (χ4v) is 1.49. The summed E-state index contributed by atoms with van der Waals surface area (Å²) in [7, 11) is 0.917. The number of ketones is 1. The maximum Gasteiger partial charge on any atom is 0.426 e. The van der Waals surface area contributed by atoms with Gasteiger partial charge in [-0.25, -0.2) is 0 Å². The van der Waals surface area contributed by atoms with Crippen molar-refractivity contribution >= 4 is 11.5 Å². The molecule has 8 heteroatoms. The van der Waals surface area contributed by atoms with E-state index in [0.717, 1.165) is 20.1 Å². The molecule has 0 bridgehead atoms. The van der Waals surface area contributed by atoms with E-state index in [9.17, 15) is 28.1 Å². The number of carbonyl (C=O) groups excluding carboxylic acids is 1. The van der Waals surface area contributed by atoms with Gasteiger partial charge in [-0.3, -0.25) is 14.9 Å². The molecule has 0 aromatic heterocycles. The molecule has 1 rings (SSSR count). The zero-order valence-electron chi connectivity index (χ0n) is 9.37. The van der Waals surface area contributed by atoms with Gasteiger partial charge in [0.25, 0.3) is 5.69 Å². The Kier molecular flexibility index (Phi) is 3.59. The number of nitrogens with zero attached hydrogens (tertiary/aromatic N) is 1. The van der Waals surface area contributed by atoms with Crippen LogP contribution in [0, 0.1) is 10.1 Å². The number of hydrogen-bond donors (Lipinski definition) is 0. The molecule has 18 heavy (non-hydrogen) atoms. The molecule has 0 atom stereocenters. The smallest absolute Gasteiger partial charge is 0.426 e. The third-order valence-corrected chi connectivity index (χ3v) is 2.20. The van der Waals surface area contributed by atoms with Crippen molar-refractivity contribution in [1.82, 2.24) is 0 Å². The maximum atomic E-state index is 12.8. The van der Waals surface area contributed by atoms with Gasteiger partial charge in [-0.05, 0) is 13.0 Å². The average Bonchev–Trinajstić information content (AvgIpc) is 2.25. The number of benzene rings is 1. The third-order valence-electron chi connectivity index (χ3n) is 2.20. The van der Waals surface area contributed by atoms with Crippen LogP contribution in [0.25, 0.3) is 0 Å². The number of nitro benzene ring substituents is 1. The Hall–Kier alpha value is -2.12. The molecule has 98 valence electrons. The molecule has 1 aromatic carbocycles. The fourth-order valence-electron chi connectivity index (χ4n) is 1.49. The third kappa shape index (κ3) is 2.41. The lowest BCUT2D eigenvalue weighted by Gasteiger charge is -2.14. The van der Waals surface area contributed by atoms with E-state index < -0.39 is 33.9 Å². The Bertz CT molecular complexity index is 511. The first-order valence-electron chi connectivity index (χ1n) is 4.63. The molecule has 0 aliphatic heterocycles. The largest absolute Gasteiger partial charge is 0.495 e. The molecular weight excluding hydrogens is 255 g/mol. The van der Waals surface area contributed by atoms with E-state index in [1.54, 1.807) is 0 Å². The van der Waals surface area contributed by atoms with Gasteiger partial charge in [0.2, 0.25) is 0 Å². The van der Waals surface area contributed by atoms with Crippen molar-refractivity contribution in [2.45, 2.75) is 13.1 Å². The van der Waals surface area contributed by atoms with Gasteiger partial charge in [-0.1, -0.05) is 0 Å². The Labute approximate surface area is 99.3 Å². The minimum atomic E-state index is -4.99. The van der Waals surface area contributed by atoms with Crippen LogP contribution >= 0.6 is 0 Å². The second-order valence-electron chi connectivity index (χ2n) is 3.35. The summed E-state index contributed by atoms with van der Waals surface area (Å²) in [6, 6.07) is 1.58. The lowest BCUT2D eigenvalue weighted by molar-refractivity contribution is -0.388. The summed E-state index contributed by atoms with van der Waals surface area (Å²) in [6.07, 6.45) is -4.99. The summed E-state index contributed by atoms with van der Waals surface area (Å²) in [5, 5.41) is 10.6. The minimum Gasteiger partial charge on any atom is -0.495 e. The second-order valence-corrected chi connectivity index (χ2v) is 3.35. The highest BCUT2D eigenvalue weighted by Gasteiger charge is 2.43. The van der Waals surface area contributed by atoms with Crippen LogP contribution in [0.15, 0.2) is 12.1 Å². The lowest BCUT2D eigenvalue weighted by Crippen LogP contribution is -2.13. The van der Waals surface area contributed by atoms with Crippen LogP contribution in [0.1, 0.15) is 22.8 Å². The van der Waals surface area contributed by atoms with Gasteiger partial charge < -0.3 is 4.74 Å². The predicted molar refractivity (Wildman–Crippen MR) is 54.7 cm³/mol. The molecule has 0 amide bonds. The first-order chi connectivity index (χ1) is 8.20. The number of alkyl halides is 3. The fraction of sp³-hybridized carbons (Fsp3) is 0.300. The SMILES string of the molecule is COc1c(C(C)=O)ccc([N+](=O)[O-])c1C(F)(F)F. The van der Waals surface area contributed by atoms with E-state index in [1.165, 1.54) is 0 Å². The molecular formula is C10H8F3NO4. The maximum absolute atomic E-state index is 12.8. The lowest BCUT2D eigenvalue weighted by atomic mass is 10.0. The van der Waals surface area contributed by atoms with E-state index >= 15 is 0 Å². The molecule has 0 heterocycles. The monoisotopic (exact) mass is 263 g/mol. The van der Waals surface area contributed by atoms with E-state index in [1.807, 2.05) is 0 Å². The van der Waals surface area contributed by atoms with Crippen LogP contribution in [0.5, 0.6) is 5.75 Å². The molecule has 0 fully saturated rings.